The molecule has 0 aliphatic carbocycles. The van der Waals surface area contributed by atoms with Gasteiger partial charge in [0, 0.05) is 23.5 Å². The number of rotatable bonds is 7. The SMILES string of the molecule is Cc1cc(C(=O)NNC(=O)C(NC(=O)CC(C)C)c2ccccc2)c(C)n1-c1ccccc1. The minimum atomic E-state index is -0.922. The highest BCUT2D eigenvalue weighted by molar-refractivity contribution is 5.98. The number of para-hydroxylation sites is 1. The van der Waals surface area contributed by atoms with Crippen molar-refractivity contribution < 1.29 is 14.4 Å². The van der Waals surface area contributed by atoms with Crippen molar-refractivity contribution in [3.63, 3.8) is 0 Å². The summed E-state index contributed by atoms with van der Waals surface area (Å²) in [6.45, 7) is 7.65. The molecular weight excluding hydrogens is 416 g/mol. The molecule has 0 saturated heterocycles. The molecule has 0 aliphatic heterocycles. The number of amides is 3. The van der Waals surface area contributed by atoms with Crippen molar-refractivity contribution in [3.8, 4) is 5.69 Å². The van der Waals surface area contributed by atoms with E-state index in [1.165, 1.54) is 0 Å². The van der Waals surface area contributed by atoms with E-state index in [0.717, 1.165) is 17.1 Å². The van der Waals surface area contributed by atoms with Gasteiger partial charge in [0.25, 0.3) is 11.8 Å². The Bertz CT molecular complexity index is 1120. The molecule has 3 aromatic rings. The van der Waals surface area contributed by atoms with Gasteiger partial charge in [-0.1, -0.05) is 62.4 Å². The number of nitrogens with zero attached hydrogens (tertiary/aromatic N) is 1. The number of benzene rings is 2. The fraction of sp³-hybridized carbons (Fsp3) is 0.269. The van der Waals surface area contributed by atoms with Crippen molar-refractivity contribution in [3.05, 3.63) is 89.2 Å². The number of carbonyl (C=O) groups excluding carboxylic acids is 3. The lowest BCUT2D eigenvalue weighted by molar-refractivity contribution is -0.130. The molecular formula is C26H30N4O3. The second-order valence-corrected chi connectivity index (χ2v) is 8.41. The molecule has 2 aromatic carbocycles. The zero-order valence-corrected chi connectivity index (χ0v) is 19.4. The molecule has 0 saturated carbocycles. The van der Waals surface area contributed by atoms with Crippen LogP contribution in [0.5, 0.6) is 0 Å². The molecule has 0 fully saturated rings. The van der Waals surface area contributed by atoms with Crippen LogP contribution in [-0.4, -0.2) is 22.3 Å². The molecule has 1 heterocycles. The standard InChI is InChI=1S/C26H30N4O3/c1-17(2)15-23(31)27-24(20-11-7-5-8-12-20)26(33)29-28-25(32)22-16-18(3)30(19(22)4)21-13-9-6-10-14-21/h5-14,16-17,24H,15H2,1-4H3,(H,27,31)(H,28,32)(H,29,33). The number of aryl methyl sites for hydroxylation is 1. The Morgan fingerprint density at radius 1 is 0.879 bits per heavy atom. The summed E-state index contributed by atoms with van der Waals surface area (Å²) in [5, 5.41) is 2.77. The van der Waals surface area contributed by atoms with Crippen LogP contribution < -0.4 is 16.2 Å². The van der Waals surface area contributed by atoms with Crippen LogP contribution in [0.2, 0.25) is 0 Å². The van der Waals surface area contributed by atoms with Crippen LogP contribution >= 0.6 is 0 Å². The van der Waals surface area contributed by atoms with Crippen LogP contribution in [0.3, 0.4) is 0 Å². The van der Waals surface area contributed by atoms with Gasteiger partial charge < -0.3 is 9.88 Å². The fourth-order valence-electron chi connectivity index (χ4n) is 3.76. The molecule has 0 radical (unpaired) electrons. The summed E-state index contributed by atoms with van der Waals surface area (Å²) in [4.78, 5) is 38.1. The van der Waals surface area contributed by atoms with E-state index in [-0.39, 0.29) is 11.8 Å². The van der Waals surface area contributed by atoms with Gasteiger partial charge in [0.2, 0.25) is 5.91 Å². The van der Waals surface area contributed by atoms with Crippen LogP contribution in [0, 0.1) is 19.8 Å². The van der Waals surface area contributed by atoms with Crippen molar-refractivity contribution in [2.45, 2.75) is 40.2 Å². The van der Waals surface area contributed by atoms with Crippen LogP contribution in [0.1, 0.15) is 53.6 Å². The number of hydrazine groups is 1. The molecule has 1 unspecified atom stereocenters. The third-order valence-corrected chi connectivity index (χ3v) is 5.28. The molecule has 33 heavy (non-hydrogen) atoms. The van der Waals surface area contributed by atoms with Crippen LogP contribution in [0.4, 0.5) is 0 Å². The Morgan fingerprint density at radius 2 is 1.48 bits per heavy atom. The second-order valence-electron chi connectivity index (χ2n) is 8.41. The number of hydrogen-bond acceptors (Lipinski definition) is 3. The molecule has 3 amide bonds. The van der Waals surface area contributed by atoms with Gasteiger partial charge in [-0.05, 0) is 43.5 Å². The maximum Gasteiger partial charge on any atom is 0.271 e. The van der Waals surface area contributed by atoms with Crippen molar-refractivity contribution in [2.24, 2.45) is 5.92 Å². The minimum Gasteiger partial charge on any atom is -0.340 e. The Labute approximate surface area is 194 Å². The smallest absolute Gasteiger partial charge is 0.271 e. The molecule has 7 nitrogen and oxygen atoms in total. The monoisotopic (exact) mass is 446 g/mol. The Kier molecular flexibility index (Phi) is 7.66. The van der Waals surface area contributed by atoms with E-state index in [2.05, 4.69) is 16.2 Å². The molecule has 3 N–H and O–H groups in total. The summed E-state index contributed by atoms with van der Waals surface area (Å²) < 4.78 is 1.98. The van der Waals surface area contributed by atoms with E-state index in [0.29, 0.717) is 17.5 Å². The summed E-state index contributed by atoms with van der Waals surface area (Å²) in [5.41, 5.74) is 8.66. The fourth-order valence-corrected chi connectivity index (χ4v) is 3.76. The molecule has 172 valence electrons. The molecule has 1 atom stereocenters. The number of hydrogen-bond donors (Lipinski definition) is 3. The predicted molar refractivity (Wildman–Crippen MR) is 128 cm³/mol. The number of nitrogens with one attached hydrogen (secondary N) is 3. The first-order valence-electron chi connectivity index (χ1n) is 11.0. The van der Waals surface area contributed by atoms with Gasteiger partial charge in [-0.3, -0.25) is 25.2 Å². The quantitative estimate of drug-likeness (QED) is 0.483. The topological polar surface area (TPSA) is 92.2 Å². The summed E-state index contributed by atoms with van der Waals surface area (Å²) in [6.07, 6.45) is 0.300. The van der Waals surface area contributed by atoms with Gasteiger partial charge in [-0.25, -0.2) is 0 Å². The molecule has 0 spiro atoms. The van der Waals surface area contributed by atoms with E-state index >= 15 is 0 Å². The van der Waals surface area contributed by atoms with Gasteiger partial charge in [0.15, 0.2) is 0 Å². The molecule has 3 rings (SSSR count). The Hall–Kier alpha value is -3.87. The largest absolute Gasteiger partial charge is 0.340 e. The van der Waals surface area contributed by atoms with Crippen molar-refractivity contribution in [2.75, 3.05) is 0 Å². The highest BCUT2D eigenvalue weighted by Gasteiger charge is 2.24. The van der Waals surface area contributed by atoms with E-state index < -0.39 is 17.9 Å². The summed E-state index contributed by atoms with van der Waals surface area (Å²) in [5.74, 6) is -1.03. The summed E-state index contributed by atoms with van der Waals surface area (Å²) >= 11 is 0. The maximum atomic E-state index is 12.9. The van der Waals surface area contributed by atoms with Crippen molar-refractivity contribution in [1.29, 1.82) is 0 Å². The summed E-state index contributed by atoms with van der Waals surface area (Å²) in [7, 11) is 0. The Morgan fingerprint density at radius 3 is 2.09 bits per heavy atom. The predicted octanol–water partition coefficient (Wildman–Crippen LogP) is 3.76. The van der Waals surface area contributed by atoms with Gasteiger partial charge in [-0.2, -0.15) is 0 Å². The van der Waals surface area contributed by atoms with E-state index in [1.54, 1.807) is 30.3 Å². The van der Waals surface area contributed by atoms with Gasteiger partial charge >= 0.3 is 0 Å². The highest BCUT2D eigenvalue weighted by atomic mass is 16.2. The lowest BCUT2D eigenvalue weighted by Gasteiger charge is -2.20. The summed E-state index contributed by atoms with van der Waals surface area (Å²) in [6, 6.07) is 19.5. The number of aromatic nitrogens is 1. The van der Waals surface area contributed by atoms with Gasteiger partial charge in [0.1, 0.15) is 6.04 Å². The van der Waals surface area contributed by atoms with Crippen LogP contribution in [0.25, 0.3) is 5.69 Å². The molecule has 1 aromatic heterocycles. The molecule has 7 heteroatoms. The van der Waals surface area contributed by atoms with Crippen LogP contribution in [-0.2, 0) is 9.59 Å². The van der Waals surface area contributed by atoms with E-state index in [9.17, 15) is 14.4 Å². The van der Waals surface area contributed by atoms with E-state index in [4.69, 9.17) is 0 Å². The number of carbonyl (C=O) groups is 3. The molecule has 0 bridgehead atoms. The third-order valence-electron chi connectivity index (χ3n) is 5.28. The van der Waals surface area contributed by atoms with Crippen molar-refractivity contribution in [1.82, 2.24) is 20.7 Å². The first-order chi connectivity index (χ1) is 15.8. The van der Waals surface area contributed by atoms with Gasteiger partial charge in [-0.15, -0.1) is 0 Å². The first kappa shape index (κ1) is 23.8. The second kappa shape index (κ2) is 10.6. The lowest BCUT2D eigenvalue weighted by atomic mass is 10.0. The van der Waals surface area contributed by atoms with Crippen molar-refractivity contribution >= 4 is 17.7 Å². The highest BCUT2D eigenvalue weighted by Crippen LogP contribution is 2.20. The molecule has 0 aliphatic rings. The van der Waals surface area contributed by atoms with Crippen LogP contribution in [0.15, 0.2) is 66.7 Å². The van der Waals surface area contributed by atoms with E-state index in [1.807, 2.05) is 68.7 Å². The average Bonchev–Trinajstić information content (AvgIpc) is 3.10. The minimum absolute atomic E-state index is 0.157. The third kappa shape index (κ3) is 5.88. The zero-order valence-electron chi connectivity index (χ0n) is 19.4. The first-order valence-corrected chi connectivity index (χ1v) is 11.0. The normalized spacial score (nSPS) is 11.7. The Balaban J connectivity index is 1.74. The van der Waals surface area contributed by atoms with Gasteiger partial charge in [0.05, 0.1) is 5.56 Å². The lowest BCUT2D eigenvalue weighted by Crippen LogP contribution is -2.48. The maximum absolute atomic E-state index is 12.9. The zero-order chi connectivity index (χ0) is 24.0. The average molecular weight is 447 g/mol.